The summed E-state index contributed by atoms with van der Waals surface area (Å²) in [6, 6.07) is 0. The third-order valence-electron chi connectivity index (χ3n) is 0. The average Bonchev–Trinajstić information content (AvgIpc) is 0.811. The smallest absolute Gasteiger partial charge is 4.00 e. The number of rotatable bonds is 0. The molecular weight excluding hydrogens is 466 g/mol. The first kappa shape index (κ1) is 47.8. The molecule has 0 saturated carbocycles. The molecule has 0 spiro atoms. The minimum Gasteiger partial charge on any atom is 4.00 e. The molecule has 48 valence electrons. The van der Waals surface area contributed by atoms with Crippen LogP contribution in [0.3, 0.4) is 0 Å². The third kappa shape index (κ3) is 87.3. The largest absolute Gasteiger partial charge is 4.00 e. The van der Waals surface area contributed by atoms with Crippen LogP contribution in [0.5, 0.6) is 0 Å². The van der Waals surface area contributed by atoms with Gasteiger partial charge in [0.1, 0.15) is 0 Å². The monoisotopic (exact) mass is 468 g/mol. The molecule has 0 atom stereocenters. The van der Waals surface area contributed by atoms with E-state index in [0.29, 0.717) is 0 Å². The molecule has 0 rings (SSSR count). The summed E-state index contributed by atoms with van der Waals surface area (Å²) in [7, 11) is 0. The summed E-state index contributed by atoms with van der Waals surface area (Å²) >= 11 is -4.08. The van der Waals surface area contributed by atoms with Crippen LogP contribution in [-0.4, -0.2) is 97.8 Å². The zero-order valence-corrected chi connectivity index (χ0v) is 16.9. The summed E-state index contributed by atoms with van der Waals surface area (Å²) in [6.45, 7) is 0. The van der Waals surface area contributed by atoms with Gasteiger partial charge in [0.25, 0.3) is 0 Å². The van der Waals surface area contributed by atoms with Crippen molar-refractivity contribution in [1.29, 1.82) is 0 Å². The van der Waals surface area contributed by atoms with Gasteiger partial charge in [-0.3, -0.25) is 0 Å². The summed E-state index contributed by atoms with van der Waals surface area (Å²) in [6.07, 6.45) is 0. The van der Waals surface area contributed by atoms with Crippen molar-refractivity contribution in [2.24, 2.45) is 0 Å². The molecule has 10 heavy (non-hydrogen) atoms. The van der Waals surface area contributed by atoms with Crippen molar-refractivity contribution in [1.82, 2.24) is 0 Å². The SMILES string of the molecule is [Ba+2].[Ba+2].[O-2].[O-2].[O-2].[O]=[Ti]([O-])[O-].[Ti+4]. The van der Waals surface area contributed by atoms with Crippen LogP contribution in [-0.2, 0) is 60.1 Å². The van der Waals surface area contributed by atoms with Crippen molar-refractivity contribution in [2.75, 3.05) is 0 Å². The van der Waals surface area contributed by atoms with E-state index in [1.165, 1.54) is 0 Å². The topological polar surface area (TPSA) is 149 Å². The Bertz CT molecular complexity index is 36.7. The normalized spacial score (nSPS) is 2.60. The molecule has 0 aromatic rings. The fraction of sp³-hybridized carbons (Fsp3) is 0. The van der Waals surface area contributed by atoms with Gasteiger partial charge in [-0.25, -0.2) is 0 Å². The van der Waals surface area contributed by atoms with Crippen LogP contribution >= 0.6 is 0 Å². The van der Waals surface area contributed by atoms with Gasteiger partial charge in [0, 0.05) is 0 Å². The van der Waals surface area contributed by atoms with Gasteiger partial charge < -0.3 is 16.4 Å². The Morgan fingerprint density at radius 1 is 0.900 bits per heavy atom. The molecule has 0 amide bonds. The summed E-state index contributed by atoms with van der Waals surface area (Å²) in [5, 5.41) is 0. The average molecular weight is 466 g/mol. The van der Waals surface area contributed by atoms with Crippen molar-refractivity contribution in [3.05, 3.63) is 0 Å². The van der Waals surface area contributed by atoms with Crippen LogP contribution in [0, 0.1) is 0 Å². The van der Waals surface area contributed by atoms with E-state index in [-0.39, 0.29) is 136 Å². The molecule has 0 aromatic carbocycles. The Balaban J connectivity index is -0.00000000300. The molecule has 0 saturated heterocycles. The first-order valence-corrected chi connectivity index (χ1v) is 2.52. The van der Waals surface area contributed by atoms with E-state index in [1.807, 2.05) is 0 Å². The van der Waals surface area contributed by atoms with Gasteiger partial charge in [-0.05, 0) is 0 Å². The molecule has 0 heterocycles. The van der Waals surface area contributed by atoms with Crippen LogP contribution < -0.4 is 7.38 Å². The molecule has 0 aliphatic heterocycles. The Kier molecular flexibility index (Phi) is 181. The van der Waals surface area contributed by atoms with Gasteiger partial charge >= 0.3 is 149 Å². The first-order chi connectivity index (χ1) is 1.73. The maximum Gasteiger partial charge on any atom is 4.00 e. The molecule has 10 heteroatoms. The molecule has 0 radical (unpaired) electrons. The van der Waals surface area contributed by atoms with Crippen LogP contribution in [0.4, 0.5) is 0 Å². The molecule has 0 aliphatic rings. The second-order valence-electron chi connectivity index (χ2n) is 0.250. The Hall–Kier alpha value is 4.17. The zero-order valence-electron chi connectivity index (χ0n) is 4.86. The fourth-order valence-corrected chi connectivity index (χ4v) is 0. The van der Waals surface area contributed by atoms with Crippen molar-refractivity contribution >= 4 is 97.8 Å². The van der Waals surface area contributed by atoms with Gasteiger partial charge in [-0.1, -0.05) is 0 Å². The number of hydrogen-bond acceptors (Lipinski definition) is 3. The van der Waals surface area contributed by atoms with E-state index in [4.69, 9.17) is 10.7 Å². The van der Waals surface area contributed by atoms with Crippen molar-refractivity contribution in [3.63, 3.8) is 0 Å². The van der Waals surface area contributed by atoms with Gasteiger partial charge in [0.15, 0.2) is 0 Å². The minimum absolute atomic E-state index is 0. The maximum absolute atomic E-state index is 8.58. The summed E-state index contributed by atoms with van der Waals surface area (Å²) in [5.41, 5.74) is 0. The van der Waals surface area contributed by atoms with E-state index in [2.05, 4.69) is 0 Å². The second kappa shape index (κ2) is 37.9. The molecule has 0 bridgehead atoms. The summed E-state index contributed by atoms with van der Waals surface area (Å²) in [4.78, 5) is 0. The molecule has 0 aromatic heterocycles. The molecule has 0 unspecified atom stereocenters. The summed E-state index contributed by atoms with van der Waals surface area (Å²) in [5.74, 6) is 0. The molecule has 6 nitrogen and oxygen atoms in total. The van der Waals surface area contributed by atoms with Crippen LogP contribution in [0.2, 0.25) is 0 Å². The fourth-order valence-electron chi connectivity index (χ4n) is 0. The van der Waals surface area contributed by atoms with Crippen LogP contribution in [0.15, 0.2) is 0 Å². The van der Waals surface area contributed by atoms with Crippen LogP contribution in [0.25, 0.3) is 0 Å². The minimum atomic E-state index is -4.08. The molecule has 0 N–H and O–H groups in total. The van der Waals surface area contributed by atoms with E-state index in [1.54, 1.807) is 0 Å². The van der Waals surface area contributed by atoms with E-state index in [9.17, 15) is 0 Å². The molecular formula is Ba2O6Ti2. The quantitative estimate of drug-likeness (QED) is 0.339. The molecule has 0 fully saturated rings. The van der Waals surface area contributed by atoms with Gasteiger partial charge in [-0.15, -0.1) is 0 Å². The zero-order chi connectivity index (χ0) is 3.58. The maximum atomic E-state index is 8.58. The van der Waals surface area contributed by atoms with Gasteiger partial charge in [0.2, 0.25) is 0 Å². The summed E-state index contributed by atoms with van der Waals surface area (Å²) < 4.78 is 25.8. The van der Waals surface area contributed by atoms with Crippen molar-refractivity contribution < 1.29 is 67.5 Å². The predicted molar refractivity (Wildman–Crippen MR) is 14.3 cm³/mol. The number of hydrogen-bond donors (Lipinski definition) is 0. The van der Waals surface area contributed by atoms with Crippen LogP contribution in [0.1, 0.15) is 0 Å². The standard InChI is InChI=1S/2Ba.6O.2Ti/q2*+2;;3*-2;2*-1;;+4. The van der Waals surface area contributed by atoms with Crippen molar-refractivity contribution in [3.8, 4) is 0 Å². The van der Waals surface area contributed by atoms with E-state index in [0.717, 1.165) is 0 Å². The van der Waals surface area contributed by atoms with E-state index >= 15 is 0 Å². The third-order valence-corrected chi connectivity index (χ3v) is 0. The first-order valence-electron chi connectivity index (χ1n) is 0.612. The Labute approximate surface area is 161 Å². The van der Waals surface area contributed by atoms with Gasteiger partial charge in [0.05, 0.1) is 0 Å². The van der Waals surface area contributed by atoms with E-state index < -0.39 is 18.6 Å². The van der Waals surface area contributed by atoms with Crippen molar-refractivity contribution in [2.45, 2.75) is 0 Å². The van der Waals surface area contributed by atoms with Gasteiger partial charge in [-0.2, -0.15) is 0 Å². The molecule has 0 aliphatic carbocycles. The Morgan fingerprint density at radius 2 is 0.900 bits per heavy atom. The second-order valence-corrected chi connectivity index (χ2v) is 1.03. The Morgan fingerprint density at radius 3 is 0.900 bits per heavy atom. The predicted octanol–water partition coefficient (Wildman–Crippen LogP) is -3.62.